The fourth-order valence-electron chi connectivity index (χ4n) is 0.580. The first-order valence-electron chi connectivity index (χ1n) is 2.75. The average molecular weight is 157 g/mol. The van der Waals surface area contributed by atoms with Crippen LogP contribution >= 0.6 is 11.5 Å². The molecule has 1 heterocycles. The molecule has 1 aromatic heterocycles. The molecule has 0 N–H and O–H groups in total. The molecule has 0 fully saturated rings. The molecular weight excluding hydrogens is 150 g/mol. The van der Waals surface area contributed by atoms with Crippen molar-refractivity contribution < 1.29 is 9.53 Å². The molecule has 0 amide bonds. The number of carbonyl (C=O) groups is 1. The second-order valence-electron chi connectivity index (χ2n) is 1.83. The highest BCUT2D eigenvalue weighted by atomic mass is 32.1. The summed E-state index contributed by atoms with van der Waals surface area (Å²) in [5, 5.41) is 0. The van der Waals surface area contributed by atoms with Gasteiger partial charge in [-0.15, -0.1) is 0 Å². The largest absolute Gasteiger partial charge is 0.465 e. The van der Waals surface area contributed by atoms with Gasteiger partial charge in [0.2, 0.25) is 0 Å². The van der Waals surface area contributed by atoms with Gasteiger partial charge < -0.3 is 4.74 Å². The molecule has 10 heavy (non-hydrogen) atoms. The van der Waals surface area contributed by atoms with Crippen molar-refractivity contribution in [1.29, 1.82) is 0 Å². The molecule has 0 aliphatic rings. The molecule has 0 aliphatic heterocycles. The predicted octanol–water partition coefficient (Wildman–Crippen LogP) is 1.24. The maximum atomic E-state index is 10.8. The Balaban J connectivity index is 2.93. The number of nitrogens with zero attached hydrogens (tertiary/aromatic N) is 1. The van der Waals surface area contributed by atoms with E-state index in [1.165, 1.54) is 7.11 Å². The third-order valence-electron chi connectivity index (χ3n) is 1.12. The van der Waals surface area contributed by atoms with Crippen LogP contribution in [0.15, 0.2) is 6.20 Å². The van der Waals surface area contributed by atoms with Crippen LogP contribution in [0, 0.1) is 6.92 Å². The Labute approximate surface area is 62.8 Å². The van der Waals surface area contributed by atoms with E-state index in [0.29, 0.717) is 4.88 Å². The number of aryl methyl sites for hydroxylation is 1. The van der Waals surface area contributed by atoms with Gasteiger partial charge in [-0.2, -0.15) is 0 Å². The van der Waals surface area contributed by atoms with Crippen molar-refractivity contribution in [2.45, 2.75) is 6.92 Å². The smallest absolute Gasteiger partial charge is 0.349 e. The molecule has 0 aromatic carbocycles. The van der Waals surface area contributed by atoms with Gasteiger partial charge in [-0.25, -0.2) is 9.17 Å². The number of rotatable bonds is 1. The first-order chi connectivity index (χ1) is 4.75. The molecule has 0 aliphatic carbocycles. The summed E-state index contributed by atoms with van der Waals surface area (Å²) in [4.78, 5) is 11.4. The summed E-state index contributed by atoms with van der Waals surface area (Å²) in [5.74, 6) is -0.306. The van der Waals surface area contributed by atoms with Gasteiger partial charge in [-0.1, -0.05) is 0 Å². The van der Waals surface area contributed by atoms with Gasteiger partial charge in [0.25, 0.3) is 0 Å². The molecule has 0 bridgehead atoms. The zero-order chi connectivity index (χ0) is 7.56. The van der Waals surface area contributed by atoms with Crippen molar-refractivity contribution in [1.82, 2.24) is 4.37 Å². The minimum absolute atomic E-state index is 0.306. The van der Waals surface area contributed by atoms with Gasteiger partial charge in [0.05, 0.1) is 7.11 Å². The highest BCUT2D eigenvalue weighted by Gasteiger charge is 2.10. The van der Waals surface area contributed by atoms with E-state index in [1.807, 2.05) is 6.92 Å². The standard InChI is InChI=1S/C6H7NO2S/c1-4-3-7-10-5(4)6(8)9-2/h3H,1-2H3. The molecular formula is C6H7NO2S. The van der Waals surface area contributed by atoms with Crippen LogP contribution < -0.4 is 0 Å². The summed E-state index contributed by atoms with van der Waals surface area (Å²) < 4.78 is 8.34. The molecule has 4 heteroatoms. The summed E-state index contributed by atoms with van der Waals surface area (Å²) in [6.07, 6.45) is 1.65. The summed E-state index contributed by atoms with van der Waals surface area (Å²) in [6, 6.07) is 0. The first kappa shape index (κ1) is 7.21. The maximum absolute atomic E-state index is 10.8. The van der Waals surface area contributed by atoms with Crippen molar-refractivity contribution in [2.24, 2.45) is 0 Å². The van der Waals surface area contributed by atoms with E-state index in [4.69, 9.17) is 0 Å². The second kappa shape index (κ2) is 2.79. The van der Waals surface area contributed by atoms with E-state index in [9.17, 15) is 4.79 Å². The Hall–Kier alpha value is -0.900. The Kier molecular flexibility index (Phi) is 2.01. The molecule has 54 valence electrons. The Bertz CT molecular complexity index is 244. The van der Waals surface area contributed by atoms with E-state index in [1.54, 1.807) is 6.20 Å². The fourth-order valence-corrected chi connectivity index (χ4v) is 1.25. The topological polar surface area (TPSA) is 39.2 Å². The molecule has 1 aromatic rings. The summed E-state index contributed by atoms with van der Waals surface area (Å²) in [7, 11) is 1.36. The normalized spacial score (nSPS) is 9.40. The number of hydrogen-bond acceptors (Lipinski definition) is 4. The van der Waals surface area contributed by atoms with Crippen LogP contribution in [-0.4, -0.2) is 17.5 Å². The van der Waals surface area contributed by atoms with Crippen LogP contribution in [0.3, 0.4) is 0 Å². The lowest BCUT2D eigenvalue weighted by Gasteiger charge is -1.92. The van der Waals surface area contributed by atoms with E-state index < -0.39 is 0 Å². The van der Waals surface area contributed by atoms with Crippen LogP contribution in [0.4, 0.5) is 0 Å². The number of esters is 1. The van der Waals surface area contributed by atoms with Crippen molar-refractivity contribution in [3.63, 3.8) is 0 Å². The third kappa shape index (κ3) is 1.16. The monoisotopic (exact) mass is 157 g/mol. The number of methoxy groups -OCH3 is 1. The van der Waals surface area contributed by atoms with E-state index in [-0.39, 0.29) is 5.97 Å². The SMILES string of the molecule is COC(=O)c1sncc1C. The average Bonchev–Trinajstić information content (AvgIpc) is 2.34. The van der Waals surface area contributed by atoms with Crippen molar-refractivity contribution in [3.05, 3.63) is 16.6 Å². The highest BCUT2D eigenvalue weighted by Crippen LogP contribution is 2.12. The fraction of sp³-hybridized carbons (Fsp3) is 0.333. The molecule has 0 radical (unpaired) electrons. The third-order valence-corrected chi connectivity index (χ3v) is 2.00. The molecule has 0 atom stereocenters. The van der Waals surface area contributed by atoms with Gasteiger partial charge in [-0.3, -0.25) is 0 Å². The number of hydrogen-bond donors (Lipinski definition) is 0. The second-order valence-corrected chi connectivity index (χ2v) is 2.63. The van der Waals surface area contributed by atoms with Crippen molar-refractivity contribution >= 4 is 17.5 Å². The Morgan fingerprint density at radius 2 is 2.50 bits per heavy atom. The van der Waals surface area contributed by atoms with Crippen molar-refractivity contribution in [3.8, 4) is 0 Å². The number of ether oxygens (including phenoxy) is 1. The van der Waals surface area contributed by atoms with Gasteiger partial charge >= 0.3 is 5.97 Å². The van der Waals surface area contributed by atoms with Crippen LogP contribution in [0.2, 0.25) is 0 Å². The van der Waals surface area contributed by atoms with Crippen molar-refractivity contribution in [2.75, 3.05) is 7.11 Å². The quantitative estimate of drug-likeness (QED) is 0.576. The lowest BCUT2D eigenvalue weighted by atomic mass is 10.3. The maximum Gasteiger partial charge on any atom is 0.349 e. The van der Waals surface area contributed by atoms with Gasteiger partial charge in [0.15, 0.2) is 0 Å². The summed E-state index contributed by atoms with van der Waals surface area (Å²) >= 11 is 1.16. The zero-order valence-corrected chi connectivity index (χ0v) is 6.57. The van der Waals surface area contributed by atoms with E-state index >= 15 is 0 Å². The van der Waals surface area contributed by atoms with Crippen LogP contribution in [0.5, 0.6) is 0 Å². The molecule has 0 saturated carbocycles. The highest BCUT2D eigenvalue weighted by molar-refractivity contribution is 7.08. The van der Waals surface area contributed by atoms with Crippen LogP contribution in [0.25, 0.3) is 0 Å². The minimum Gasteiger partial charge on any atom is -0.465 e. The number of carbonyl (C=O) groups excluding carboxylic acids is 1. The lowest BCUT2D eigenvalue weighted by Crippen LogP contribution is -1.99. The van der Waals surface area contributed by atoms with Crippen LogP contribution in [0.1, 0.15) is 15.2 Å². The molecule has 3 nitrogen and oxygen atoms in total. The zero-order valence-electron chi connectivity index (χ0n) is 5.75. The van der Waals surface area contributed by atoms with E-state index in [0.717, 1.165) is 17.1 Å². The van der Waals surface area contributed by atoms with Gasteiger partial charge in [0, 0.05) is 6.20 Å². The summed E-state index contributed by atoms with van der Waals surface area (Å²) in [6.45, 7) is 1.83. The lowest BCUT2D eigenvalue weighted by molar-refractivity contribution is 0.0605. The summed E-state index contributed by atoms with van der Waals surface area (Å²) in [5.41, 5.74) is 0.872. The Morgan fingerprint density at radius 1 is 1.80 bits per heavy atom. The molecule has 0 spiro atoms. The molecule has 0 unspecified atom stereocenters. The first-order valence-corrected chi connectivity index (χ1v) is 3.52. The van der Waals surface area contributed by atoms with E-state index in [2.05, 4.69) is 9.11 Å². The number of aromatic nitrogens is 1. The van der Waals surface area contributed by atoms with Gasteiger partial charge in [0.1, 0.15) is 4.88 Å². The predicted molar refractivity (Wildman–Crippen MR) is 38.2 cm³/mol. The minimum atomic E-state index is -0.306. The van der Waals surface area contributed by atoms with Gasteiger partial charge in [-0.05, 0) is 24.0 Å². The molecule has 0 saturated heterocycles. The molecule has 1 rings (SSSR count). The Morgan fingerprint density at radius 3 is 2.90 bits per heavy atom. The van der Waals surface area contributed by atoms with Crippen LogP contribution in [-0.2, 0) is 4.74 Å².